The summed E-state index contributed by atoms with van der Waals surface area (Å²) >= 11 is 1.93. The van der Waals surface area contributed by atoms with E-state index in [2.05, 4.69) is 15.2 Å². The van der Waals surface area contributed by atoms with Crippen molar-refractivity contribution in [3.8, 4) is 0 Å². The van der Waals surface area contributed by atoms with Gasteiger partial charge in [0, 0.05) is 11.1 Å². The summed E-state index contributed by atoms with van der Waals surface area (Å²) in [5.41, 5.74) is 0.126. The van der Waals surface area contributed by atoms with Crippen LogP contribution in [0.5, 0.6) is 0 Å². The van der Waals surface area contributed by atoms with Crippen LogP contribution in [-0.4, -0.2) is 36.6 Å². The third kappa shape index (κ3) is 2.90. The van der Waals surface area contributed by atoms with Gasteiger partial charge in [-0.05, 0) is 0 Å². The topological polar surface area (TPSA) is 121 Å². The maximum absolute atomic E-state index is 11.5. The molecule has 2 heterocycles. The average Bonchev–Trinajstić information content (AvgIpc) is 2.85. The van der Waals surface area contributed by atoms with Gasteiger partial charge in [0.25, 0.3) is 0 Å². The van der Waals surface area contributed by atoms with Gasteiger partial charge in [-0.25, -0.2) is 9.89 Å². The van der Waals surface area contributed by atoms with E-state index in [1.807, 2.05) is 0 Å². The van der Waals surface area contributed by atoms with Gasteiger partial charge in [-0.2, -0.15) is 0 Å². The molecule has 2 rings (SSSR count). The molecular weight excluding hydrogens is 280 g/mol. The summed E-state index contributed by atoms with van der Waals surface area (Å²) in [5, 5.41) is 16.4. The Labute approximate surface area is 108 Å². The largest absolute Gasteiger partial charge is 0.481 e. The first-order valence-corrected chi connectivity index (χ1v) is 6.59. The van der Waals surface area contributed by atoms with Gasteiger partial charge < -0.3 is 10.1 Å². The number of carboxylic acids is 1. The van der Waals surface area contributed by atoms with Crippen LogP contribution in [0, 0.1) is 0 Å². The van der Waals surface area contributed by atoms with E-state index in [9.17, 15) is 14.4 Å². The molecular formula is C8H8N4O4S2. The minimum absolute atomic E-state index is 0.149. The van der Waals surface area contributed by atoms with Gasteiger partial charge in [0.15, 0.2) is 5.16 Å². The second kappa shape index (κ2) is 5.23. The number of carboxylic acid groups (broad SMARTS) is 1. The number of rotatable bonds is 5. The molecule has 0 bridgehead atoms. The van der Waals surface area contributed by atoms with Crippen molar-refractivity contribution in [1.82, 2.24) is 19.7 Å². The Balaban J connectivity index is 2.21. The molecule has 0 fully saturated rings. The SMILES string of the molecule is O=C(O)CSc1n[nH]c(=O)n1Cc1csc(=O)[nH]1. The van der Waals surface area contributed by atoms with Crippen LogP contribution < -0.4 is 10.6 Å². The fourth-order valence-corrected chi connectivity index (χ4v) is 2.48. The standard InChI is InChI=1S/C8H8N4O4S2/c13-5(14)3-17-7-11-10-6(15)12(7)1-4-2-18-8(16)9-4/h2H,1,3H2,(H,9,16)(H,10,15)(H,13,14). The Morgan fingerprint density at radius 2 is 2.33 bits per heavy atom. The van der Waals surface area contributed by atoms with E-state index in [1.165, 1.54) is 4.57 Å². The first-order valence-electron chi connectivity index (χ1n) is 4.73. The fraction of sp³-hybridized carbons (Fsp3) is 0.250. The summed E-state index contributed by atoms with van der Waals surface area (Å²) < 4.78 is 1.27. The zero-order valence-corrected chi connectivity index (χ0v) is 10.5. The summed E-state index contributed by atoms with van der Waals surface area (Å²) in [6.45, 7) is 0.149. The first-order chi connectivity index (χ1) is 8.56. The highest BCUT2D eigenvalue weighted by Crippen LogP contribution is 2.13. The summed E-state index contributed by atoms with van der Waals surface area (Å²) in [5.74, 6) is -1.18. The van der Waals surface area contributed by atoms with Gasteiger partial charge in [0.05, 0.1) is 12.3 Å². The van der Waals surface area contributed by atoms with Gasteiger partial charge in [0.2, 0.25) is 0 Å². The molecule has 0 unspecified atom stereocenters. The molecule has 0 aliphatic rings. The van der Waals surface area contributed by atoms with E-state index >= 15 is 0 Å². The molecule has 0 amide bonds. The van der Waals surface area contributed by atoms with E-state index in [0.29, 0.717) is 5.69 Å². The number of nitrogens with zero attached hydrogens (tertiary/aromatic N) is 2. The third-order valence-corrected chi connectivity index (χ3v) is 3.63. The van der Waals surface area contributed by atoms with Crippen molar-refractivity contribution < 1.29 is 9.90 Å². The highest BCUT2D eigenvalue weighted by Gasteiger charge is 2.11. The Morgan fingerprint density at radius 1 is 1.56 bits per heavy atom. The highest BCUT2D eigenvalue weighted by molar-refractivity contribution is 7.99. The number of thioether (sulfide) groups is 1. The van der Waals surface area contributed by atoms with E-state index in [-0.39, 0.29) is 22.3 Å². The van der Waals surface area contributed by atoms with Crippen LogP contribution in [0.2, 0.25) is 0 Å². The zero-order valence-electron chi connectivity index (χ0n) is 8.87. The maximum Gasteiger partial charge on any atom is 0.344 e. The van der Waals surface area contributed by atoms with Crippen LogP contribution in [0.15, 0.2) is 20.1 Å². The monoisotopic (exact) mass is 288 g/mol. The smallest absolute Gasteiger partial charge is 0.344 e. The van der Waals surface area contributed by atoms with Crippen molar-refractivity contribution in [1.29, 1.82) is 0 Å². The van der Waals surface area contributed by atoms with Crippen LogP contribution in [-0.2, 0) is 11.3 Å². The lowest BCUT2D eigenvalue weighted by atomic mass is 10.5. The second-order valence-corrected chi connectivity index (χ2v) is 5.04. The van der Waals surface area contributed by atoms with Crippen LogP contribution in [0.4, 0.5) is 0 Å². The summed E-state index contributed by atoms with van der Waals surface area (Å²) in [4.78, 5) is 35.3. The normalized spacial score (nSPS) is 10.7. The van der Waals surface area contributed by atoms with Crippen LogP contribution in [0.1, 0.15) is 5.69 Å². The van der Waals surface area contributed by atoms with Crippen LogP contribution >= 0.6 is 23.1 Å². The summed E-state index contributed by atoms with van der Waals surface area (Å²) in [6, 6.07) is 0. The average molecular weight is 288 g/mol. The molecule has 2 aromatic heterocycles. The van der Waals surface area contributed by atoms with E-state index in [4.69, 9.17) is 5.11 Å². The first kappa shape index (κ1) is 12.6. The highest BCUT2D eigenvalue weighted by atomic mass is 32.2. The molecule has 2 aromatic rings. The fourth-order valence-electron chi connectivity index (χ4n) is 1.24. The van der Waals surface area contributed by atoms with Gasteiger partial charge in [-0.3, -0.25) is 14.2 Å². The lowest BCUT2D eigenvalue weighted by Gasteiger charge is -2.01. The summed E-state index contributed by atoms with van der Waals surface area (Å²) in [6.07, 6.45) is 0. The number of aromatic nitrogens is 4. The Bertz CT molecular complexity index is 667. The molecule has 0 saturated heterocycles. The van der Waals surface area contributed by atoms with Gasteiger partial charge in [-0.15, -0.1) is 5.10 Å². The van der Waals surface area contributed by atoms with Crippen LogP contribution in [0.3, 0.4) is 0 Å². The van der Waals surface area contributed by atoms with Gasteiger partial charge in [-0.1, -0.05) is 23.1 Å². The minimum atomic E-state index is -0.995. The summed E-state index contributed by atoms with van der Waals surface area (Å²) in [7, 11) is 0. The zero-order chi connectivity index (χ0) is 13.1. The van der Waals surface area contributed by atoms with E-state index in [0.717, 1.165) is 23.1 Å². The third-order valence-electron chi connectivity index (χ3n) is 1.95. The quantitative estimate of drug-likeness (QED) is 0.641. The lowest BCUT2D eigenvalue weighted by molar-refractivity contribution is -0.133. The molecule has 0 saturated carbocycles. The molecule has 0 aromatic carbocycles. The van der Waals surface area contributed by atoms with Crippen molar-refractivity contribution in [2.75, 3.05) is 5.75 Å². The number of aromatic amines is 2. The number of hydrogen-bond donors (Lipinski definition) is 3. The predicted octanol–water partition coefficient (Wildman–Crippen LogP) is -0.454. The molecule has 0 atom stereocenters. The van der Waals surface area contributed by atoms with E-state index in [1.54, 1.807) is 5.38 Å². The number of H-pyrrole nitrogens is 2. The van der Waals surface area contributed by atoms with Crippen molar-refractivity contribution >= 4 is 29.1 Å². The second-order valence-electron chi connectivity index (χ2n) is 3.25. The Hall–Kier alpha value is -1.81. The van der Waals surface area contributed by atoms with Crippen molar-refractivity contribution in [3.05, 3.63) is 31.2 Å². The lowest BCUT2D eigenvalue weighted by Crippen LogP contribution is -2.19. The minimum Gasteiger partial charge on any atom is -0.481 e. The molecule has 18 heavy (non-hydrogen) atoms. The molecule has 0 spiro atoms. The van der Waals surface area contributed by atoms with Crippen LogP contribution in [0.25, 0.3) is 0 Å². The van der Waals surface area contributed by atoms with Crippen molar-refractivity contribution in [3.63, 3.8) is 0 Å². The number of hydrogen-bond acceptors (Lipinski definition) is 6. The number of aliphatic carboxylic acids is 1. The van der Waals surface area contributed by atoms with Gasteiger partial charge >= 0.3 is 16.5 Å². The molecule has 96 valence electrons. The Morgan fingerprint density at radius 3 is 2.94 bits per heavy atom. The number of carbonyl (C=O) groups is 1. The van der Waals surface area contributed by atoms with Gasteiger partial charge in [0.1, 0.15) is 0 Å². The van der Waals surface area contributed by atoms with Crippen molar-refractivity contribution in [2.24, 2.45) is 0 Å². The Kier molecular flexibility index (Phi) is 3.67. The molecule has 0 aliphatic heterocycles. The number of nitrogens with one attached hydrogen (secondary N) is 2. The maximum atomic E-state index is 11.5. The molecule has 0 aliphatic carbocycles. The molecule has 8 nitrogen and oxygen atoms in total. The number of thiazole rings is 1. The molecule has 0 radical (unpaired) electrons. The van der Waals surface area contributed by atoms with Crippen molar-refractivity contribution in [2.45, 2.75) is 11.7 Å². The molecule has 3 N–H and O–H groups in total. The predicted molar refractivity (Wildman–Crippen MR) is 65.2 cm³/mol. The van der Waals surface area contributed by atoms with E-state index < -0.39 is 11.7 Å². The molecule has 10 heteroatoms.